The zero-order chi connectivity index (χ0) is 26.9. The van der Waals surface area contributed by atoms with Crippen molar-refractivity contribution in [3.63, 3.8) is 0 Å². The third kappa shape index (κ3) is 5.60. The van der Waals surface area contributed by atoms with Crippen molar-refractivity contribution in [2.24, 2.45) is 5.92 Å². The highest BCUT2D eigenvalue weighted by Gasteiger charge is 2.53. The van der Waals surface area contributed by atoms with E-state index >= 15 is 0 Å². The van der Waals surface area contributed by atoms with Gasteiger partial charge in [0.05, 0.1) is 17.8 Å². The van der Waals surface area contributed by atoms with E-state index in [1.54, 1.807) is 25.1 Å². The Morgan fingerprint density at radius 1 is 0.919 bits per heavy atom. The van der Waals surface area contributed by atoms with E-state index in [1.807, 2.05) is 13.8 Å². The Morgan fingerprint density at radius 3 is 2.08 bits per heavy atom. The first-order valence-corrected chi connectivity index (χ1v) is 11.3. The van der Waals surface area contributed by atoms with Crippen LogP contribution in [0, 0.1) is 12.8 Å². The number of hydrogen-bond donors (Lipinski definition) is 0. The number of Topliss-reactive ketones (excluding diaryl/α,β-unsaturated/α-hetero) is 2. The second-order valence-corrected chi connectivity index (χ2v) is 8.67. The smallest absolute Gasteiger partial charge is 0.491 e. The van der Waals surface area contributed by atoms with Gasteiger partial charge in [0.15, 0.2) is 11.6 Å². The number of alkyl halides is 3. The van der Waals surface area contributed by atoms with E-state index in [1.165, 1.54) is 30.3 Å². The summed E-state index contributed by atoms with van der Waals surface area (Å²) in [6, 6.07) is 12.7. The highest BCUT2D eigenvalue weighted by atomic mass is 19.4. The van der Waals surface area contributed by atoms with Gasteiger partial charge in [0, 0.05) is 5.56 Å². The van der Waals surface area contributed by atoms with Gasteiger partial charge in [0.2, 0.25) is 5.78 Å². The van der Waals surface area contributed by atoms with Gasteiger partial charge in [0.25, 0.3) is 5.91 Å². The summed E-state index contributed by atoms with van der Waals surface area (Å²) in [5.74, 6) is -3.97. The molecule has 1 aliphatic rings. The molecule has 37 heavy (non-hydrogen) atoms. The first-order chi connectivity index (χ1) is 17.4. The van der Waals surface area contributed by atoms with E-state index in [-0.39, 0.29) is 23.0 Å². The van der Waals surface area contributed by atoms with E-state index in [4.69, 9.17) is 4.74 Å². The molecular weight excluding hydrogens is 491 g/mol. The van der Waals surface area contributed by atoms with Gasteiger partial charge in [-0.25, -0.2) is 0 Å². The average Bonchev–Trinajstić information content (AvgIpc) is 3.09. The third-order valence-electron chi connectivity index (χ3n) is 5.58. The van der Waals surface area contributed by atoms with Gasteiger partial charge >= 0.3 is 6.36 Å². The van der Waals surface area contributed by atoms with Crippen LogP contribution in [0.25, 0.3) is 0 Å². The number of amides is 1. The van der Waals surface area contributed by atoms with E-state index in [9.17, 15) is 27.6 Å². The molecule has 0 spiro atoms. The lowest BCUT2D eigenvalue weighted by atomic mass is 9.86. The van der Waals surface area contributed by atoms with Crippen LogP contribution in [0.2, 0.25) is 0 Å². The van der Waals surface area contributed by atoms with Crippen LogP contribution in [-0.4, -0.2) is 40.1 Å². The number of hydrogen-bond acceptors (Lipinski definition) is 7. The van der Waals surface area contributed by atoms with Crippen LogP contribution in [0.4, 0.5) is 19.0 Å². The fourth-order valence-corrected chi connectivity index (χ4v) is 4.06. The molecule has 1 fully saturated rings. The largest absolute Gasteiger partial charge is 0.573 e. The molecule has 8 nitrogen and oxygen atoms in total. The van der Waals surface area contributed by atoms with Crippen LogP contribution < -0.4 is 14.4 Å². The lowest BCUT2D eigenvalue weighted by molar-refractivity contribution is -0.274. The van der Waals surface area contributed by atoms with Crippen molar-refractivity contribution < 1.29 is 37.0 Å². The summed E-state index contributed by atoms with van der Waals surface area (Å²) < 4.78 is 47.4. The van der Waals surface area contributed by atoms with Crippen molar-refractivity contribution in [2.45, 2.75) is 39.3 Å². The lowest BCUT2D eigenvalue weighted by Crippen LogP contribution is -2.31. The zero-order valence-corrected chi connectivity index (χ0v) is 20.0. The topological polar surface area (TPSA) is 98.7 Å². The highest BCUT2D eigenvalue weighted by molar-refractivity contribution is 6.48. The highest BCUT2D eigenvalue weighted by Crippen LogP contribution is 2.41. The molecular formula is C26H22F3N3O5. The van der Waals surface area contributed by atoms with Crippen molar-refractivity contribution >= 4 is 23.3 Å². The summed E-state index contributed by atoms with van der Waals surface area (Å²) >= 11 is 0. The summed E-state index contributed by atoms with van der Waals surface area (Å²) in [5.41, 5.74) is 0.971. The molecule has 0 bridgehead atoms. The van der Waals surface area contributed by atoms with Gasteiger partial charge in [-0.15, -0.1) is 18.3 Å². The summed E-state index contributed by atoms with van der Waals surface area (Å²) in [7, 11) is 0. The van der Waals surface area contributed by atoms with Gasteiger partial charge in [-0.2, -0.15) is 5.10 Å². The second-order valence-electron chi connectivity index (χ2n) is 8.67. The molecule has 1 amide bonds. The molecule has 3 aromatic rings. The van der Waals surface area contributed by atoms with Crippen molar-refractivity contribution in [3.8, 4) is 11.5 Å². The minimum Gasteiger partial charge on any atom is -0.491 e. The Balaban J connectivity index is 1.75. The molecule has 0 radical (unpaired) electrons. The maximum atomic E-state index is 13.6. The number of rotatable bonds is 7. The normalized spacial score (nSPS) is 17.9. The van der Waals surface area contributed by atoms with Crippen LogP contribution in [0.3, 0.4) is 0 Å². The maximum Gasteiger partial charge on any atom is 0.573 e. The lowest BCUT2D eigenvalue weighted by Gasteiger charge is -2.26. The van der Waals surface area contributed by atoms with Crippen molar-refractivity contribution in [1.82, 2.24) is 10.2 Å². The van der Waals surface area contributed by atoms with Crippen LogP contribution in [0.15, 0.2) is 60.7 Å². The first-order valence-electron chi connectivity index (χ1n) is 11.3. The number of ether oxygens (including phenoxy) is 2. The molecule has 2 heterocycles. The Kier molecular flexibility index (Phi) is 6.97. The maximum absolute atomic E-state index is 13.6. The standard InChI is InChI=1S/C26H22F3N3O5/c1-14(2)36-18-9-7-17(8-10-18)23(33)21-22(16-5-11-19(12-6-16)37-26(27,28)29)32(25(35)24(21)34)20-13-4-15(3)30-31-20/h4-14,21-22H,1-3H3. The van der Waals surface area contributed by atoms with Crippen LogP contribution >= 0.6 is 0 Å². The number of halogens is 3. The summed E-state index contributed by atoms with van der Waals surface area (Å²) in [4.78, 5) is 40.9. The number of nitrogens with zero attached hydrogens (tertiary/aromatic N) is 3. The number of ketones is 2. The van der Waals surface area contributed by atoms with Gasteiger partial charge in [-0.1, -0.05) is 12.1 Å². The van der Waals surface area contributed by atoms with Crippen molar-refractivity contribution in [2.75, 3.05) is 4.90 Å². The fourth-order valence-electron chi connectivity index (χ4n) is 4.06. The van der Waals surface area contributed by atoms with Gasteiger partial charge in [-0.3, -0.25) is 19.3 Å². The van der Waals surface area contributed by atoms with Crippen LogP contribution in [-0.2, 0) is 9.59 Å². The quantitative estimate of drug-likeness (QED) is 0.258. The third-order valence-corrected chi connectivity index (χ3v) is 5.58. The van der Waals surface area contributed by atoms with Crippen molar-refractivity contribution in [3.05, 3.63) is 77.5 Å². The molecule has 1 aromatic heterocycles. The molecule has 0 aliphatic carbocycles. The molecule has 0 saturated carbocycles. The molecule has 1 aliphatic heterocycles. The number of carbonyl (C=O) groups excluding carboxylic acids is 3. The number of aromatic nitrogens is 2. The van der Waals surface area contributed by atoms with Crippen LogP contribution in [0.1, 0.15) is 41.5 Å². The molecule has 2 atom stereocenters. The molecule has 2 aromatic carbocycles. The zero-order valence-electron chi connectivity index (χ0n) is 20.0. The van der Waals surface area contributed by atoms with E-state index < -0.39 is 41.5 Å². The predicted molar refractivity (Wildman–Crippen MR) is 125 cm³/mol. The predicted octanol–water partition coefficient (Wildman–Crippen LogP) is 4.63. The number of carbonyl (C=O) groups is 3. The summed E-state index contributed by atoms with van der Waals surface area (Å²) in [5, 5.41) is 7.92. The monoisotopic (exact) mass is 513 g/mol. The molecule has 0 N–H and O–H groups in total. The minimum atomic E-state index is -4.89. The molecule has 4 rings (SSSR count). The molecule has 192 valence electrons. The number of benzene rings is 2. The average molecular weight is 513 g/mol. The van der Waals surface area contributed by atoms with Gasteiger partial charge < -0.3 is 9.47 Å². The molecule has 1 saturated heterocycles. The van der Waals surface area contributed by atoms with Crippen LogP contribution in [0.5, 0.6) is 11.5 Å². The second kappa shape index (κ2) is 10.00. The van der Waals surface area contributed by atoms with E-state index in [2.05, 4.69) is 14.9 Å². The fraction of sp³-hybridized carbons (Fsp3) is 0.269. The molecule has 2 unspecified atom stereocenters. The summed E-state index contributed by atoms with van der Waals surface area (Å²) in [6.45, 7) is 5.38. The van der Waals surface area contributed by atoms with Crippen molar-refractivity contribution in [1.29, 1.82) is 0 Å². The Bertz CT molecular complexity index is 1310. The van der Waals surface area contributed by atoms with E-state index in [0.29, 0.717) is 11.4 Å². The first kappa shape index (κ1) is 25.8. The van der Waals surface area contributed by atoms with Gasteiger partial charge in [0.1, 0.15) is 17.4 Å². The SMILES string of the molecule is Cc1ccc(N2C(=O)C(=O)C(C(=O)c3ccc(OC(C)C)cc3)C2c2ccc(OC(F)(F)F)cc2)nn1. The number of anilines is 1. The minimum absolute atomic E-state index is 0.0283. The Labute approximate surface area is 210 Å². The van der Waals surface area contributed by atoms with Gasteiger partial charge in [-0.05, 0) is 74.9 Å². The Morgan fingerprint density at radius 2 is 1.54 bits per heavy atom. The van der Waals surface area contributed by atoms with E-state index in [0.717, 1.165) is 17.0 Å². The number of aryl methyl sites for hydroxylation is 1. The summed E-state index contributed by atoms with van der Waals surface area (Å²) in [6.07, 6.45) is -4.98. The Hall–Kier alpha value is -4.28. The molecule has 11 heteroatoms.